The first kappa shape index (κ1) is 19.3. The number of rotatable bonds is 7. The predicted molar refractivity (Wildman–Crippen MR) is 103 cm³/mol. The summed E-state index contributed by atoms with van der Waals surface area (Å²) in [5.41, 5.74) is 7.41. The van der Waals surface area contributed by atoms with Gasteiger partial charge in [-0.25, -0.2) is 0 Å². The van der Waals surface area contributed by atoms with E-state index in [-0.39, 0.29) is 11.9 Å². The summed E-state index contributed by atoms with van der Waals surface area (Å²) in [6.07, 6.45) is 4.84. The van der Waals surface area contributed by atoms with Gasteiger partial charge in [0, 0.05) is 32.2 Å². The average molecular weight is 350 g/mol. The van der Waals surface area contributed by atoms with Crippen LogP contribution in [-0.2, 0) is 11.3 Å². The molecule has 1 heterocycles. The van der Waals surface area contributed by atoms with E-state index < -0.39 is 0 Å². The number of carbonyl (C=O) groups is 1. The van der Waals surface area contributed by atoms with Crippen LogP contribution in [0.25, 0.3) is 0 Å². The lowest BCUT2D eigenvalue weighted by Gasteiger charge is -2.41. The summed E-state index contributed by atoms with van der Waals surface area (Å²) in [5, 5.41) is 0. The molecule has 134 valence electrons. The van der Waals surface area contributed by atoms with E-state index in [0.717, 1.165) is 38.1 Å². The fourth-order valence-corrected chi connectivity index (χ4v) is 3.90. The Kier molecular flexibility index (Phi) is 7.59. The van der Waals surface area contributed by atoms with Gasteiger partial charge < -0.3 is 10.6 Å². The molecular formula is C19H31N3OS. The van der Waals surface area contributed by atoms with E-state index >= 15 is 0 Å². The highest BCUT2D eigenvalue weighted by atomic mass is 32.2. The molecule has 0 aliphatic carbocycles. The maximum absolute atomic E-state index is 12.5. The molecule has 1 fully saturated rings. The molecule has 0 spiro atoms. The molecule has 1 saturated heterocycles. The number of hydrogen-bond donors (Lipinski definition) is 1. The van der Waals surface area contributed by atoms with Crippen molar-refractivity contribution in [2.45, 2.75) is 50.9 Å². The highest BCUT2D eigenvalue weighted by molar-refractivity contribution is 7.98. The van der Waals surface area contributed by atoms with Crippen LogP contribution in [0.1, 0.15) is 31.7 Å². The number of carbonyl (C=O) groups excluding carboxylic acids is 1. The zero-order valence-electron chi connectivity index (χ0n) is 15.1. The molecule has 3 atom stereocenters. The molecular weight excluding hydrogens is 318 g/mol. The van der Waals surface area contributed by atoms with Crippen molar-refractivity contribution in [2.75, 3.05) is 25.6 Å². The summed E-state index contributed by atoms with van der Waals surface area (Å²) in [6.45, 7) is 4.28. The Morgan fingerprint density at radius 2 is 2.12 bits per heavy atom. The lowest BCUT2D eigenvalue weighted by Crippen LogP contribution is -2.52. The normalized spacial score (nSPS) is 23.0. The van der Waals surface area contributed by atoms with E-state index in [4.69, 9.17) is 5.73 Å². The molecule has 1 aliphatic rings. The second-order valence-electron chi connectivity index (χ2n) is 6.82. The molecule has 1 aromatic carbocycles. The second-order valence-corrected chi connectivity index (χ2v) is 7.81. The first-order valence-electron chi connectivity index (χ1n) is 8.82. The van der Waals surface area contributed by atoms with Gasteiger partial charge >= 0.3 is 0 Å². The van der Waals surface area contributed by atoms with Crippen LogP contribution in [0.2, 0.25) is 0 Å². The van der Waals surface area contributed by atoms with Crippen LogP contribution in [0.5, 0.6) is 0 Å². The number of nitrogens with zero attached hydrogens (tertiary/aromatic N) is 2. The number of thioether (sulfide) groups is 1. The van der Waals surface area contributed by atoms with Crippen LogP contribution < -0.4 is 5.73 Å². The summed E-state index contributed by atoms with van der Waals surface area (Å²) >= 11 is 1.74. The van der Waals surface area contributed by atoms with Gasteiger partial charge in [-0.05, 0) is 43.8 Å². The molecule has 1 aliphatic heterocycles. The Hall–Kier alpha value is -1.04. The fraction of sp³-hybridized carbons (Fsp3) is 0.632. The van der Waals surface area contributed by atoms with Crippen molar-refractivity contribution in [3.05, 3.63) is 35.9 Å². The van der Waals surface area contributed by atoms with Crippen LogP contribution in [-0.4, -0.2) is 59.4 Å². The molecule has 4 nitrogen and oxygen atoms in total. The number of benzene rings is 1. The smallest absolute Gasteiger partial charge is 0.239 e. The zero-order chi connectivity index (χ0) is 17.5. The molecule has 5 heteroatoms. The van der Waals surface area contributed by atoms with Crippen LogP contribution in [0, 0.1) is 0 Å². The fourth-order valence-electron chi connectivity index (χ4n) is 3.41. The number of piperidine rings is 1. The Morgan fingerprint density at radius 3 is 2.75 bits per heavy atom. The Balaban J connectivity index is 1.86. The molecule has 1 amide bonds. The van der Waals surface area contributed by atoms with Crippen molar-refractivity contribution < 1.29 is 4.79 Å². The molecule has 0 aromatic heterocycles. The number of nitrogens with two attached hydrogens (primary N) is 1. The van der Waals surface area contributed by atoms with Crippen molar-refractivity contribution in [1.82, 2.24) is 9.80 Å². The average Bonchev–Trinajstić information content (AvgIpc) is 2.61. The van der Waals surface area contributed by atoms with Gasteiger partial charge in [-0.15, -0.1) is 0 Å². The third kappa shape index (κ3) is 5.23. The first-order chi connectivity index (χ1) is 11.5. The van der Waals surface area contributed by atoms with Gasteiger partial charge in [-0.3, -0.25) is 9.69 Å². The third-order valence-electron chi connectivity index (χ3n) is 5.06. The molecule has 0 saturated carbocycles. The lowest BCUT2D eigenvalue weighted by atomic mass is 9.96. The summed E-state index contributed by atoms with van der Waals surface area (Å²) in [5.74, 6) is 1.03. The Morgan fingerprint density at radius 1 is 1.42 bits per heavy atom. The molecule has 0 bridgehead atoms. The lowest BCUT2D eigenvalue weighted by molar-refractivity contribution is -0.134. The molecule has 0 radical (unpaired) electrons. The van der Waals surface area contributed by atoms with Crippen molar-refractivity contribution in [3.8, 4) is 0 Å². The monoisotopic (exact) mass is 349 g/mol. The van der Waals surface area contributed by atoms with Crippen LogP contribution in [0.15, 0.2) is 30.3 Å². The summed E-state index contributed by atoms with van der Waals surface area (Å²) in [7, 11) is 1.92. The number of hydrogen-bond acceptors (Lipinski definition) is 4. The molecule has 2 N–H and O–H groups in total. The SMILES string of the molecule is CSCC[C@H](N)C(=O)N(C)C1CCN(Cc2ccccc2)C(C)C1. The van der Waals surface area contributed by atoms with Gasteiger partial charge in [0.25, 0.3) is 0 Å². The topological polar surface area (TPSA) is 49.6 Å². The predicted octanol–water partition coefficient (Wildman–Crippen LogP) is 2.58. The van der Waals surface area contributed by atoms with E-state index in [1.165, 1.54) is 5.56 Å². The van der Waals surface area contributed by atoms with Gasteiger partial charge in [0.1, 0.15) is 0 Å². The van der Waals surface area contributed by atoms with E-state index in [1.54, 1.807) is 11.8 Å². The third-order valence-corrected chi connectivity index (χ3v) is 5.70. The Labute approximate surface area is 150 Å². The van der Waals surface area contributed by atoms with E-state index in [0.29, 0.717) is 12.1 Å². The van der Waals surface area contributed by atoms with E-state index in [9.17, 15) is 4.79 Å². The summed E-state index contributed by atoms with van der Waals surface area (Å²) in [6, 6.07) is 11.0. The standard InChI is InChI=1S/C19H31N3OS/c1-15-13-17(21(2)19(23)18(20)10-12-24-3)9-11-22(15)14-16-7-5-4-6-8-16/h4-8,15,17-18H,9-14,20H2,1-3H3/t15?,17?,18-/m0/s1. The zero-order valence-corrected chi connectivity index (χ0v) is 16.0. The maximum Gasteiger partial charge on any atom is 0.239 e. The van der Waals surface area contributed by atoms with Gasteiger partial charge in [0.15, 0.2) is 0 Å². The van der Waals surface area contributed by atoms with Gasteiger partial charge in [0.2, 0.25) is 5.91 Å². The van der Waals surface area contributed by atoms with Gasteiger partial charge in [-0.1, -0.05) is 30.3 Å². The second kappa shape index (κ2) is 9.44. The van der Waals surface area contributed by atoms with Crippen LogP contribution in [0.4, 0.5) is 0 Å². The minimum absolute atomic E-state index is 0.0951. The maximum atomic E-state index is 12.5. The van der Waals surface area contributed by atoms with Gasteiger partial charge in [-0.2, -0.15) is 11.8 Å². The Bertz CT molecular complexity index is 511. The van der Waals surface area contributed by atoms with Crippen molar-refractivity contribution in [2.24, 2.45) is 5.73 Å². The number of likely N-dealkylation sites (N-methyl/N-ethyl adjacent to an activating group) is 1. The highest BCUT2D eigenvalue weighted by Crippen LogP contribution is 2.23. The van der Waals surface area contributed by atoms with Crippen LogP contribution >= 0.6 is 11.8 Å². The first-order valence-corrected chi connectivity index (χ1v) is 10.2. The quantitative estimate of drug-likeness (QED) is 0.822. The minimum Gasteiger partial charge on any atom is -0.341 e. The highest BCUT2D eigenvalue weighted by Gasteiger charge is 2.31. The van der Waals surface area contributed by atoms with E-state index in [1.807, 2.05) is 18.2 Å². The largest absolute Gasteiger partial charge is 0.341 e. The molecule has 2 unspecified atom stereocenters. The molecule has 24 heavy (non-hydrogen) atoms. The number of likely N-dealkylation sites (tertiary alicyclic amines) is 1. The molecule has 2 rings (SSSR count). The minimum atomic E-state index is -0.361. The van der Waals surface area contributed by atoms with Crippen molar-refractivity contribution in [3.63, 3.8) is 0 Å². The summed E-state index contributed by atoms with van der Waals surface area (Å²) in [4.78, 5) is 16.9. The van der Waals surface area contributed by atoms with E-state index in [2.05, 4.69) is 42.2 Å². The van der Waals surface area contributed by atoms with Crippen LogP contribution in [0.3, 0.4) is 0 Å². The van der Waals surface area contributed by atoms with Gasteiger partial charge in [0.05, 0.1) is 6.04 Å². The summed E-state index contributed by atoms with van der Waals surface area (Å²) < 4.78 is 0. The van der Waals surface area contributed by atoms with Crippen molar-refractivity contribution >= 4 is 17.7 Å². The number of amides is 1. The molecule has 1 aromatic rings. The van der Waals surface area contributed by atoms with Crippen molar-refractivity contribution in [1.29, 1.82) is 0 Å².